The lowest BCUT2D eigenvalue weighted by Gasteiger charge is -2.19. The maximum Gasteiger partial charge on any atom is -0.0417 e. The van der Waals surface area contributed by atoms with Gasteiger partial charge in [0, 0.05) is 0 Å². The van der Waals surface area contributed by atoms with Crippen molar-refractivity contribution in [2.75, 3.05) is 0 Å². The van der Waals surface area contributed by atoms with Gasteiger partial charge < -0.3 is 0 Å². The lowest BCUT2D eigenvalue weighted by molar-refractivity contribution is 0.327. The van der Waals surface area contributed by atoms with Gasteiger partial charge in [-0.2, -0.15) is 0 Å². The molecule has 0 aliphatic rings. The third kappa shape index (κ3) is 7.41. The Morgan fingerprint density at radius 2 is 1.21 bits per heavy atom. The van der Waals surface area contributed by atoms with Crippen LogP contribution in [0.4, 0.5) is 0 Å². The monoisotopic (exact) mass is 198 g/mol. The zero-order chi connectivity index (χ0) is 11.0. The minimum Gasteiger partial charge on any atom is -0.0654 e. The molecule has 0 aromatic carbocycles. The first-order valence-corrected chi connectivity index (χ1v) is 6.57. The molecule has 0 saturated carbocycles. The SMILES string of the molecule is CCCC(C)C(C)CCCCC(C)C. The highest BCUT2D eigenvalue weighted by molar-refractivity contribution is 4.62. The van der Waals surface area contributed by atoms with Crippen molar-refractivity contribution in [2.45, 2.75) is 73.1 Å². The molecule has 0 bridgehead atoms. The Kier molecular flexibility index (Phi) is 8.32. The Balaban J connectivity index is 3.38. The van der Waals surface area contributed by atoms with Crippen molar-refractivity contribution in [1.82, 2.24) is 0 Å². The first-order valence-electron chi connectivity index (χ1n) is 6.57. The molecule has 14 heavy (non-hydrogen) atoms. The van der Waals surface area contributed by atoms with E-state index >= 15 is 0 Å². The third-order valence-electron chi connectivity index (χ3n) is 3.41. The van der Waals surface area contributed by atoms with E-state index < -0.39 is 0 Å². The summed E-state index contributed by atoms with van der Waals surface area (Å²) in [5.41, 5.74) is 0. The molecule has 0 radical (unpaired) electrons. The Labute approximate surface area is 91.5 Å². The van der Waals surface area contributed by atoms with Crippen molar-refractivity contribution in [3.8, 4) is 0 Å². The molecule has 0 aliphatic heterocycles. The second kappa shape index (κ2) is 8.32. The van der Waals surface area contributed by atoms with Crippen LogP contribution in [-0.2, 0) is 0 Å². The van der Waals surface area contributed by atoms with Crippen molar-refractivity contribution in [3.63, 3.8) is 0 Å². The summed E-state index contributed by atoms with van der Waals surface area (Å²) in [6.45, 7) is 11.8. The fraction of sp³-hybridized carbons (Fsp3) is 1.00. The highest BCUT2D eigenvalue weighted by atomic mass is 14.2. The predicted molar refractivity (Wildman–Crippen MR) is 66.5 cm³/mol. The van der Waals surface area contributed by atoms with Crippen molar-refractivity contribution in [3.05, 3.63) is 0 Å². The molecule has 0 spiro atoms. The number of rotatable bonds is 8. The van der Waals surface area contributed by atoms with Gasteiger partial charge in [-0.15, -0.1) is 0 Å². The molecule has 0 aromatic heterocycles. The predicted octanol–water partition coefficient (Wildman–Crippen LogP) is 5.28. The second-order valence-electron chi connectivity index (χ2n) is 5.42. The lowest BCUT2D eigenvalue weighted by atomic mass is 9.87. The third-order valence-corrected chi connectivity index (χ3v) is 3.41. The van der Waals surface area contributed by atoms with Crippen LogP contribution in [0.3, 0.4) is 0 Å². The minimum absolute atomic E-state index is 0.887. The molecule has 2 atom stereocenters. The summed E-state index contributed by atoms with van der Waals surface area (Å²) in [6.07, 6.45) is 8.47. The number of unbranched alkanes of at least 4 members (excludes halogenated alkanes) is 1. The van der Waals surface area contributed by atoms with E-state index in [-0.39, 0.29) is 0 Å². The summed E-state index contributed by atoms with van der Waals surface area (Å²) in [4.78, 5) is 0. The normalized spacial score (nSPS) is 15.9. The van der Waals surface area contributed by atoms with Crippen molar-refractivity contribution >= 4 is 0 Å². The van der Waals surface area contributed by atoms with Gasteiger partial charge in [0.25, 0.3) is 0 Å². The van der Waals surface area contributed by atoms with Crippen LogP contribution in [0.5, 0.6) is 0 Å². The topological polar surface area (TPSA) is 0 Å². The van der Waals surface area contributed by atoms with E-state index in [0.717, 1.165) is 17.8 Å². The first-order chi connectivity index (χ1) is 6.57. The molecule has 0 aliphatic carbocycles. The molecule has 0 nitrogen and oxygen atoms in total. The van der Waals surface area contributed by atoms with Crippen LogP contribution in [0.25, 0.3) is 0 Å². The lowest BCUT2D eigenvalue weighted by Crippen LogP contribution is -2.07. The van der Waals surface area contributed by atoms with Crippen LogP contribution in [0.1, 0.15) is 73.1 Å². The Morgan fingerprint density at radius 1 is 0.714 bits per heavy atom. The maximum atomic E-state index is 2.43. The van der Waals surface area contributed by atoms with Gasteiger partial charge in [0.05, 0.1) is 0 Å². The van der Waals surface area contributed by atoms with Gasteiger partial charge >= 0.3 is 0 Å². The fourth-order valence-corrected chi connectivity index (χ4v) is 2.04. The van der Waals surface area contributed by atoms with Crippen molar-refractivity contribution in [2.24, 2.45) is 17.8 Å². The molecule has 0 amide bonds. The highest BCUT2D eigenvalue weighted by Crippen LogP contribution is 2.22. The summed E-state index contributed by atoms with van der Waals surface area (Å²) in [5, 5.41) is 0. The molecule has 0 N–H and O–H groups in total. The van der Waals surface area contributed by atoms with Gasteiger partial charge in [-0.3, -0.25) is 0 Å². The van der Waals surface area contributed by atoms with Crippen LogP contribution in [0.2, 0.25) is 0 Å². The summed E-state index contributed by atoms with van der Waals surface area (Å²) in [5.74, 6) is 2.75. The Bertz CT molecular complexity index is 115. The molecular weight excluding hydrogens is 168 g/mol. The fourth-order valence-electron chi connectivity index (χ4n) is 2.04. The molecule has 0 rings (SSSR count). The number of hydrogen-bond donors (Lipinski definition) is 0. The summed E-state index contributed by atoms with van der Waals surface area (Å²) < 4.78 is 0. The van der Waals surface area contributed by atoms with E-state index in [0.29, 0.717) is 0 Å². The average Bonchev–Trinajstić information content (AvgIpc) is 2.12. The van der Waals surface area contributed by atoms with Crippen LogP contribution < -0.4 is 0 Å². The van der Waals surface area contributed by atoms with Crippen molar-refractivity contribution < 1.29 is 0 Å². The first kappa shape index (κ1) is 14.0. The molecule has 2 unspecified atom stereocenters. The molecule has 0 aromatic rings. The van der Waals surface area contributed by atoms with Crippen LogP contribution >= 0.6 is 0 Å². The van der Waals surface area contributed by atoms with E-state index in [1.165, 1.54) is 38.5 Å². The van der Waals surface area contributed by atoms with E-state index in [1.807, 2.05) is 0 Å². The van der Waals surface area contributed by atoms with Gasteiger partial charge in [-0.1, -0.05) is 73.1 Å². The summed E-state index contributed by atoms with van der Waals surface area (Å²) in [6, 6.07) is 0. The van der Waals surface area contributed by atoms with Crippen molar-refractivity contribution in [1.29, 1.82) is 0 Å². The smallest absolute Gasteiger partial charge is 0.0417 e. The standard InChI is InChI=1S/C14H30/c1-6-9-13(4)14(5)11-8-7-10-12(2)3/h12-14H,6-11H2,1-5H3. The maximum absolute atomic E-state index is 2.43. The van der Waals surface area contributed by atoms with Gasteiger partial charge in [0.2, 0.25) is 0 Å². The van der Waals surface area contributed by atoms with Crippen LogP contribution in [-0.4, -0.2) is 0 Å². The molecule has 0 fully saturated rings. The molecule has 86 valence electrons. The molecular formula is C14H30. The molecule has 0 heterocycles. The second-order valence-corrected chi connectivity index (χ2v) is 5.42. The Morgan fingerprint density at radius 3 is 1.71 bits per heavy atom. The van der Waals surface area contributed by atoms with Gasteiger partial charge in [-0.25, -0.2) is 0 Å². The number of hydrogen-bond acceptors (Lipinski definition) is 0. The molecule has 0 saturated heterocycles. The average molecular weight is 198 g/mol. The van der Waals surface area contributed by atoms with Gasteiger partial charge in [0.15, 0.2) is 0 Å². The van der Waals surface area contributed by atoms with Gasteiger partial charge in [0.1, 0.15) is 0 Å². The van der Waals surface area contributed by atoms with Crippen LogP contribution in [0, 0.1) is 17.8 Å². The van der Waals surface area contributed by atoms with E-state index in [2.05, 4.69) is 34.6 Å². The summed E-state index contributed by atoms with van der Waals surface area (Å²) >= 11 is 0. The van der Waals surface area contributed by atoms with E-state index in [9.17, 15) is 0 Å². The highest BCUT2D eigenvalue weighted by Gasteiger charge is 2.10. The van der Waals surface area contributed by atoms with E-state index in [1.54, 1.807) is 0 Å². The van der Waals surface area contributed by atoms with Crippen LogP contribution in [0.15, 0.2) is 0 Å². The Hall–Kier alpha value is 0. The van der Waals surface area contributed by atoms with Gasteiger partial charge in [-0.05, 0) is 17.8 Å². The minimum atomic E-state index is 0.887. The van der Waals surface area contributed by atoms with E-state index in [4.69, 9.17) is 0 Å². The largest absolute Gasteiger partial charge is 0.0654 e. The zero-order valence-electron chi connectivity index (χ0n) is 11.0. The quantitative estimate of drug-likeness (QED) is 0.466. The summed E-state index contributed by atoms with van der Waals surface area (Å²) in [7, 11) is 0. The zero-order valence-corrected chi connectivity index (χ0v) is 11.0. The molecule has 0 heteroatoms.